The number of rotatable bonds is 10. The maximum absolute atomic E-state index is 12.6. The van der Waals surface area contributed by atoms with Gasteiger partial charge in [-0.05, 0) is 38.0 Å². The number of nitrogens with one attached hydrogen (secondary N) is 1. The van der Waals surface area contributed by atoms with E-state index >= 15 is 0 Å². The number of hydrogen-bond donors (Lipinski definition) is 2. The highest BCUT2D eigenvalue weighted by molar-refractivity contribution is 6.02. The zero-order chi connectivity index (χ0) is 24.8. The van der Waals surface area contributed by atoms with E-state index in [1.54, 1.807) is 27.4 Å². The molecular formula is C27H31NO6. The fraction of sp³-hybridized carbons (Fsp3) is 0.333. The number of amides is 1. The summed E-state index contributed by atoms with van der Waals surface area (Å²) in [6.45, 7) is 5.68. The number of carbonyl (C=O) groups is 2. The fourth-order valence-corrected chi connectivity index (χ4v) is 4.10. The number of fused-ring (bicyclic) bond motifs is 1. The first-order chi connectivity index (χ1) is 16.3. The van der Waals surface area contributed by atoms with Gasteiger partial charge in [-0.15, -0.1) is 0 Å². The summed E-state index contributed by atoms with van der Waals surface area (Å²) in [4.78, 5) is 24.2. The van der Waals surface area contributed by atoms with Crippen LogP contribution >= 0.6 is 0 Å². The smallest absolute Gasteiger partial charge is 0.326 e. The van der Waals surface area contributed by atoms with Crippen LogP contribution in [0.1, 0.15) is 44.2 Å². The minimum Gasteiger partial charge on any atom is -0.496 e. The second-order valence-electron chi connectivity index (χ2n) is 8.18. The van der Waals surface area contributed by atoms with Crippen molar-refractivity contribution in [2.24, 2.45) is 0 Å². The maximum atomic E-state index is 12.6. The van der Waals surface area contributed by atoms with Crippen molar-refractivity contribution in [1.29, 1.82) is 0 Å². The predicted molar refractivity (Wildman–Crippen MR) is 132 cm³/mol. The number of methoxy groups -OCH3 is 2. The number of benzene rings is 2. The highest BCUT2D eigenvalue weighted by atomic mass is 16.5. The molecule has 1 unspecified atom stereocenters. The van der Waals surface area contributed by atoms with E-state index in [2.05, 4.69) is 5.32 Å². The number of para-hydroxylation sites is 1. The van der Waals surface area contributed by atoms with Gasteiger partial charge in [0.25, 0.3) is 0 Å². The van der Waals surface area contributed by atoms with E-state index in [1.807, 2.05) is 44.2 Å². The Morgan fingerprint density at radius 2 is 1.91 bits per heavy atom. The number of allylic oxidation sites excluding steroid dienone is 1. The lowest BCUT2D eigenvalue weighted by Gasteiger charge is -2.15. The largest absolute Gasteiger partial charge is 0.496 e. The van der Waals surface area contributed by atoms with Gasteiger partial charge in [-0.25, -0.2) is 4.79 Å². The summed E-state index contributed by atoms with van der Waals surface area (Å²) in [5.41, 5.74) is 4.60. The molecule has 0 bridgehead atoms. The number of aryl methyl sites for hydroxylation is 1. The molecular weight excluding hydrogens is 434 g/mol. The molecule has 7 nitrogen and oxygen atoms in total. The topological polar surface area (TPSA) is 98.0 Å². The molecule has 34 heavy (non-hydrogen) atoms. The van der Waals surface area contributed by atoms with Gasteiger partial charge in [0.1, 0.15) is 23.1 Å². The van der Waals surface area contributed by atoms with Gasteiger partial charge in [-0.1, -0.05) is 38.0 Å². The molecule has 0 saturated heterocycles. The van der Waals surface area contributed by atoms with Crippen LogP contribution in [-0.2, 0) is 9.59 Å². The summed E-state index contributed by atoms with van der Waals surface area (Å²) in [6, 6.07) is 8.69. The first kappa shape index (κ1) is 24.9. The molecule has 180 valence electrons. The summed E-state index contributed by atoms with van der Waals surface area (Å²) in [7, 11) is 3.19. The van der Waals surface area contributed by atoms with Crippen LogP contribution < -0.4 is 14.8 Å². The van der Waals surface area contributed by atoms with Crippen molar-refractivity contribution in [3.63, 3.8) is 0 Å². The van der Waals surface area contributed by atoms with E-state index in [4.69, 9.17) is 13.9 Å². The summed E-state index contributed by atoms with van der Waals surface area (Å²) < 4.78 is 17.1. The van der Waals surface area contributed by atoms with Crippen molar-refractivity contribution in [3.05, 3.63) is 53.8 Å². The molecule has 0 saturated carbocycles. The van der Waals surface area contributed by atoms with E-state index in [-0.39, 0.29) is 0 Å². The van der Waals surface area contributed by atoms with Crippen LogP contribution in [-0.4, -0.2) is 37.2 Å². The molecule has 2 aromatic carbocycles. The Morgan fingerprint density at radius 1 is 1.18 bits per heavy atom. The van der Waals surface area contributed by atoms with Crippen molar-refractivity contribution in [3.8, 4) is 22.6 Å². The molecule has 1 atom stereocenters. The van der Waals surface area contributed by atoms with Crippen LogP contribution in [0, 0.1) is 6.92 Å². The first-order valence-corrected chi connectivity index (χ1v) is 11.3. The molecule has 1 heterocycles. The second-order valence-corrected chi connectivity index (χ2v) is 8.18. The number of aliphatic carboxylic acids is 1. The third kappa shape index (κ3) is 5.09. The zero-order valence-electron chi connectivity index (χ0n) is 20.2. The standard InChI is InChI=1S/C27H31NO6/c1-6-7-11-22(27(30)31)28-24(29)13-16(2)19-14-20-21(18-10-8-9-12-23(18)32-4)15-34-26(20)17(3)25(19)33-5/h8-10,12-15,22H,6-7,11H2,1-5H3,(H,28,29)(H,30,31)/b16-13+. The van der Waals surface area contributed by atoms with Crippen LogP contribution in [0.5, 0.6) is 11.5 Å². The number of carboxylic acid groups (broad SMARTS) is 1. The monoisotopic (exact) mass is 465 g/mol. The molecule has 1 aromatic heterocycles. The van der Waals surface area contributed by atoms with Crippen LogP contribution in [0.25, 0.3) is 27.7 Å². The van der Waals surface area contributed by atoms with E-state index in [0.717, 1.165) is 46.2 Å². The summed E-state index contributed by atoms with van der Waals surface area (Å²) in [5.74, 6) is -0.185. The van der Waals surface area contributed by atoms with E-state index in [9.17, 15) is 14.7 Å². The summed E-state index contributed by atoms with van der Waals surface area (Å²) in [6.07, 6.45) is 5.06. The Balaban J connectivity index is 2.05. The predicted octanol–water partition coefficient (Wildman–Crippen LogP) is 5.59. The lowest BCUT2D eigenvalue weighted by molar-refractivity contribution is -0.141. The molecule has 0 aliphatic rings. The lowest BCUT2D eigenvalue weighted by atomic mass is 9.96. The lowest BCUT2D eigenvalue weighted by Crippen LogP contribution is -2.40. The molecule has 0 aliphatic carbocycles. The fourth-order valence-electron chi connectivity index (χ4n) is 4.10. The minimum absolute atomic E-state index is 0.385. The molecule has 3 aromatic rings. The highest BCUT2D eigenvalue weighted by Crippen LogP contribution is 2.42. The molecule has 7 heteroatoms. The van der Waals surface area contributed by atoms with Crippen LogP contribution in [0.3, 0.4) is 0 Å². The van der Waals surface area contributed by atoms with Crippen molar-refractivity contribution in [2.75, 3.05) is 14.2 Å². The SMILES string of the molecule is CCCCC(NC(=O)/C=C(\C)c1cc2c(-c3ccccc3OC)coc2c(C)c1OC)C(=O)O. The highest BCUT2D eigenvalue weighted by Gasteiger charge is 2.21. The Labute approximate surface area is 199 Å². The van der Waals surface area contributed by atoms with E-state index in [1.165, 1.54) is 6.08 Å². The normalized spacial score (nSPS) is 12.4. The van der Waals surface area contributed by atoms with E-state index < -0.39 is 17.9 Å². The Bertz CT molecular complexity index is 1220. The average Bonchev–Trinajstić information content (AvgIpc) is 3.25. The molecule has 0 radical (unpaired) electrons. The van der Waals surface area contributed by atoms with Gasteiger partial charge in [0.15, 0.2) is 0 Å². The van der Waals surface area contributed by atoms with Gasteiger partial charge in [0, 0.05) is 33.7 Å². The average molecular weight is 466 g/mol. The number of unbranched alkanes of at least 4 members (excludes halogenated alkanes) is 1. The van der Waals surface area contributed by atoms with Gasteiger partial charge < -0.3 is 24.3 Å². The Hall–Kier alpha value is -3.74. The Morgan fingerprint density at radius 3 is 2.56 bits per heavy atom. The summed E-state index contributed by atoms with van der Waals surface area (Å²) >= 11 is 0. The van der Waals surface area contributed by atoms with Crippen molar-refractivity contribution < 1.29 is 28.6 Å². The quantitative estimate of drug-likeness (QED) is 0.379. The number of carbonyl (C=O) groups excluding carboxylic acids is 1. The molecule has 0 spiro atoms. The summed E-state index contributed by atoms with van der Waals surface area (Å²) in [5, 5.41) is 12.9. The Kier molecular flexibility index (Phi) is 7.99. The molecule has 0 fully saturated rings. The number of carboxylic acids is 1. The van der Waals surface area contributed by atoms with Gasteiger partial charge in [-0.3, -0.25) is 4.79 Å². The number of furan rings is 1. The van der Waals surface area contributed by atoms with Crippen LogP contribution in [0.2, 0.25) is 0 Å². The van der Waals surface area contributed by atoms with Crippen molar-refractivity contribution in [2.45, 2.75) is 46.1 Å². The van der Waals surface area contributed by atoms with Gasteiger partial charge in [0.2, 0.25) is 5.91 Å². The molecule has 3 rings (SSSR count). The van der Waals surface area contributed by atoms with E-state index in [0.29, 0.717) is 23.3 Å². The maximum Gasteiger partial charge on any atom is 0.326 e. The van der Waals surface area contributed by atoms with Gasteiger partial charge in [0.05, 0.1) is 20.5 Å². The van der Waals surface area contributed by atoms with Crippen molar-refractivity contribution in [1.82, 2.24) is 5.32 Å². The van der Waals surface area contributed by atoms with Crippen LogP contribution in [0.15, 0.2) is 47.1 Å². The zero-order valence-corrected chi connectivity index (χ0v) is 20.2. The van der Waals surface area contributed by atoms with Gasteiger partial charge in [-0.2, -0.15) is 0 Å². The number of hydrogen-bond acceptors (Lipinski definition) is 5. The molecule has 1 amide bonds. The van der Waals surface area contributed by atoms with Crippen LogP contribution in [0.4, 0.5) is 0 Å². The third-order valence-electron chi connectivity index (χ3n) is 5.88. The molecule has 2 N–H and O–H groups in total. The van der Waals surface area contributed by atoms with Gasteiger partial charge >= 0.3 is 5.97 Å². The third-order valence-corrected chi connectivity index (χ3v) is 5.88. The first-order valence-electron chi connectivity index (χ1n) is 11.3. The molecule has 0 aliphatic heterocycles. The number of ether oxygens (including phenoxy) is 2. The minimum atomic E-state index is -1.04. The van der Waals surface area contributed by atoms with Crippen molar-refractivity contribution >= 4 is 28.4 Å². The second kappa shape index (κ2) is 10.9.